The van der Waals surface area contributed by atoms with E-state index in [1.807, 2.05) is 47.9 Å². The molecule has 0 N–H and O–H groups in total. The zero-order chi connectivity index (χ0) is 23.4. The summed E-state index contributed by atoms with van der Waals surface area (Å²) in [6.45, 7) is 3.99. The lowest BCUT2D eigenvalue weighted by atomic mass is 10.1. The van der Waals surface area contributed by atoms with Crippen molar-refractivity contribution in [3.63, 3.8) is 0 Å². The summed E-state index contributed by atoms with van der Waals surface area (Å²) < 4.78 is 18.7. The lowest BCUT2D eigenvalue weighted by molar-refractivity contribution is -0.137. The highest BCUT2D eigenvalue weighted by atomic mass is 19.1. The molecule has 3 heterocycles. The lowest BCUT2D eigenvalue weighted by Crippen LogP contribution is -2.64. The lowest BCUT2D eigenvalue weighted by Gasteiger charge is -2.40. The van der Waals surface area contributed by atoms with Gasteiger partial charge in [-0.15, -0.1) is 0 Å². The van der Waals surface area contributed by atoms with E-state index in [0.29, 0.717) is 17.3 Å². The van der Waals surface area contributed by atoms with Gasteiger partial charge in [-0.1, -0.05) is 18.2 Å². The summed E-state index contributed by atoms with van der Waals surface area (Å²) >= 11 is 0. The van der Waals surface area contributed by atoms with E-state index in [1.54, 1.807) is 26.3 Å². The standard InChI is InChI=1S/C24H24FN5O3/c1-14-15(2)30-20-21(26-23(30)29(14)18-6-5-7-19(12-18)33-4)27(3)24(32)28(22(20)31)13-16-8-10-17(25)11-9-16/h5-12,20-21H,13H2,1-4H3. The number of benzene rings is 2. The second-order valence-electron chi connectivity index (χ2n) is 8.31. The van der Waals surface area contributed by atoms with Crippen LogP contribution in [0.5, 0.6) is 5.75 Å². The smallest absolute Gasteiger partial charge is 0.328 e. The fourth-order valence-corrected chi connectivity index (χ4v) is 4.59. The van der Waals surface area contributed by atoms with Crippen LogP contribution in [-0.2, 0) is 11.3 Å². The molecule has 3 amide bonds. The van der Waals surface area contributed by atoms with Crippen molar-refractivity contribution in [3.05, 3.63) is 71.3 Å². The van der Waals surface area contributed by atoms with E-state index in [9.17, 15) is 14.0 Å². The van der Waals surface area contributed by atoms with Gasteiger partial charge in [-0.05, 0) is 43.7 Å². The highest BCUT2D eigenvalue weighted by Gasteiger charge is 2.55. The molecule has 170 valence electrons. The number of methoxy groups -OCH3 is 1. The maximum atomic E-state index is 13.6. The van der Waals surface area contributed by atoms with Crippen LogP contribution in [0.4, 0.5) is 14.9 Å². The summed E-state index contributed by atoms with van der Waals surface area (Å²) in [6.07, 6.45) is -0.638. The molecule has 0 spiro atoms. The number of amides is 3. The number of hydrogen-bond donors (Lipinski definition) is 0. The number of fused-ring (bicyclic) bond motifs is 3. The molecule has 1 saturated heterocycles. The molecule has 0 aromatic heterocycles. The molecule has 0 bridgehead atoms. The van der Waals surface area contributed by atoms with Crippen molar-refractivity contribution < 1.29 is 18.7 Å². The molecule has 2 unspecified atom stereocenters. The van der Waals surface area contributed by atoms with E-state index < -0.39 is 18.2 Å². The molecule has 8 nitrogen and oxygen atoms in total. The number of carbonyl (C=O) groups is 2. The third-order valence-electron chi connectivity index (χ3n) is 6.46. The molecule has 0 saturated carbocycles. The Kier molecular flexibility index (Phi) is 4.84. The summed E-state index contributed by atoms with van der Waals surface area (Å²) in [4.78, 5) is 38.1. The minimum Gasteiger partial charge on any atom is -0.497 e. The number of rotatable bonds is 4. The van der Waals surface area contributed by atoms with Gasteiger partial charge >= 0.3 is 6.03 Å². The average Bonchev–Trinajstić information content (AvgIpc) is 3.32. The molecule has 3 aliphatic heterocycles. The number of anilines is 1. The van der Waals surface area contributed by atoms with E-state index in [2.05, 4.69) is 0 Å². The molecule has 2 aromatic rings. The molecule has 0 radical (unpaired) electrons. The predicted molar refractivity (Wildman–Crippen MR) is 121 cm³/mol. The summed E-state index contributed by atoms with van der Waals surface area (Å²) in [5.41, 5.74) is 3.36. The molecule has 9 heteroatoms. The van der Waals surface area contributed by atoms with Crippen LogP contribution in [0.1, 0.15) is 19.4 Å². The van der Waals surface area contributed by atoms with Crippen molar-refractivity contribution in [2.24, 2.45) is 4.99 Å². The van der Waals surface area contributed by atoms with Gasteiger partial charge in [-0.2, -0.15) is 0 Å². The van der Waals surface area contributed by atoms with Gasteiger partial charge in [-0.25, -0.2) is 14.2 Å². The Morgan fingerprint density at radius 1 is 1.06 bits per heavy atom. The van der Waals surface area contributed by atoms with Gasteiger partial charge in [0.15, 0.2) is 12.2 Å². The first-order valence-corrected chi connectivity index (χ1v) is 10.6. The third-order valence-corrected chi connectivity index (χ3v) is 6.46. The molecule has 2 atom stereocenters. The highest BCUT2D eigenvalue weighted by molar-refractivity contribution is 6.10. The first kappa shape index (κ1) is 21.0. The topological polar surface area (TPSA) is 68.7 Å². The number of aliphatic imine (C=N–C) groups is 1. The molecule has 33 heavy (non-hydrogen) atoms. The van der Waals surface area contributed by atoms with Gasteiger partial charge in [0.05, 0.1) is 19.3 Å². The number of guanidine groups is 1. The van der Waals surface area contributed by atoms with Crippen LogP contribution >= 0.6 is 0 Å². The molecule has 5 rings (SSSR count). The highest BCUT2D eigenvalue weighted by Crippen LogP contribution is 2.40. The largest absolute Gasteiger partial charge is 0.497 e. The van der Waals surface area contributed by atoms with Crippen LogP contribution in [0.3, 0.4) is 0 Å². The monoisotopic (exact) mass is 449 g/mol. The number of urea groups is 1. The van der Waals surface area contributed by atoms with Crippen LogP contribution in [0, 0.1) is 5.82 Å². The summed E-state index contributed by atoms with van der Waals surface area (Å²) in [5.74, 6) is 0.615. The normalized spacial score (nSPS) is 22.2. The van der Waals surface area contributed by atoms with Crippen LogP contribution in [0.25, 0.3) is 0 Å². The summed E-state index contributed by atoms with van der Waals surface area (Å²) in [5, 5.41) is 0. The van der Waals surface area contributed by atoms with E-state index in [1.165, 1.54) is 21.9 Å². The Labute approximate surface area is 191 Å². The van der Waals surface area contributed by atoms with Crippen LogP contribution in [0.15, 0.2) is 64.9 Å². The molecular weight excluding hydrogens is 425 g/mol. The Morgan fingerprint density at radius 3 is 2.48 bits per heavy atom. The van der Waals surface area contributed by atoms with Gasteiger partial charge in [-0.3, -0.25) is 19.5 Å². The van der Waals surface area contributed by atoms with E-state index >= 15 is 0 Å². The average molecular weight is 449 g/mol. The van der Waals surface area contributed by atoms with Crippen molar-refractivity contribution >= 4 is 23.6 Å². The zero-order valence-electron chi connectivity index (χ0n) is 18.8. The Hall–Kier alpha value is -3.88. The molecule has 1 fully saturated rings. The van der Waals surface area contributed by atoms with Gasteiger partial charge in [0.1, 0.15) is 11.6 Å². The Morgan fingerprint density at radius 2 is 1.79 bits per heavy atom. The maximum Gasteiger partial charge on any atom is 0.328 e. The molecule has 3 aliphatic rings. The first-order valence-electron chi connectivity index (χ1n) is 10.6. The minimum atomic E-state index is -0.672. The molecular formula is C24H24FN5O3. The molecule has 0 aliphatic carbocycles. The second-order valence-corrected chi connectivity index (χ2v) is 8.31. The number of hydrogen-bond acceptors (Lipinski definition) is 6. The van der Waals surface area contributed by atoms with Gasteiger partial charge in [0, 0.05) is 24.5 Å². The number of allylic oxidation sites excluding steroid dienone is 2. The molecule has 2 aromatic carbocycles. The van der Waals surface area contributed by atoms with Gasteiger partial charge in [0.2, 0.25) is 5.96 Å². The quantitative estimate of drug-likeness (QED) is 0.716. The van der Waals surface area contributed by atoms with E-state index in [0.717, 1.165) is 17.1 Å². The number of carbonyl (C=O) groups excluding carboxylic acids is 2. The minimum absolute atomic E-state index is 0.0655. The van der Waals surface area contributed by atoms with Crippen molar-refractivity contribution in [1.29, 1.82) is 0 Å². The second kappa shape index (κ2) is 7.61. The van der Waals surface area contributed by atoms with Crippen molar-refractivity contribution in [2.45, 2.75) is 32.6 Å². The van der Waals surface area contributed by atoms with Crippen LogP contribution in [0.2, 0.25) is 0 Å². The zero-order valence-corrected chi connectivity index (χ0v) is 18.8. The van der Waals surface area contributed by atoms with Crippen molar-refractivity contribution in [1.82, 2.24) is 14.7 Å². The number of imide groups is 1. The summed E-state index contributed by atoms with van der Waals surface area (Å²) in [6, 6.07) is 12.3. The van der Waals surface area contributed by atoms with Crippen LogP contribution < -0.4 is 9.64 Å². The van der Waals surface area contributed by atoms with Crippen LogP contribution in [-0.4, -0.2) is 59.0 Å². The summed E-state index contributed by atoms with van der Waals surface area (Å²) in [7, 11) is 3.26. The number of halogens is 1. The third kappa shape index (κ3) is 3.14. The fourth-order valence-electron chi connectivity index (χ4n) is 4.59. The predicted octanol–water partition coefficient (Wildman–Crippen LogP) is 3.37. The van der Waals surface area contributed by atoms with E-state index in [4.69, 9.17) is 9.73 Å². The fraction of sp³-hybridized carbons (Fsp3) is 0.292. The maximum absolute atomic E-state index is 13.6. The number of likely N-dealkylation sites (N-methyl/N-ethyl adjacent to an activating group) is 1. The Balaban J connectivity index is 1.50. The van der Waals surface area contributed by atoms with Crippen molar-refractivity contribution in [3.8, 4) is 5.75 Å². The van der Waals surface area contributed by atoms with Gasteiger partial charge < -0.3 is 9.64 Å². The number of nitrogens with zero attached hydrogens (tertiary/aromatic N) is 5. The number of ether oxygens (including phenoxy) is 1. The Bertz CT molecular complexity index is 1210. The van der Waals surface area contributed by atoms with Crippen molar-refractivity contribution in [2.75, 3.05) is 19.1 Å². The SMILES string of the molecule is COc1cccc(N2C3=NC4C(C(=O)N(Cc5ccc(F)cc5)C(=O)N4C)N3C(C)=C2C)c1. The first-order chi connectivity index (χ1) is 15.8. The van der Waals surface area contributed by atoms with E-state index in [-0.39, 0.29) is 18.3 Å². The van der Waals surface area contributed by atoms with Gasteiger partial charge in [0.25, 0.3) is 5.91 Å².